The van der Waals surface area contributed by atoms with E-state index in [0.717, 1.165) is 11.8 Å². The van der Waals surface area contributed by atoms with Crippen LogP contribution in [0.15, 0.2) is 23.1 Å². The van der Waals surface area contributed by atoms with Crippen LogP contribution in [0.4, 0.5) is 0 Å². The van der Waals surface area contributed by atoms with Gasteiger partial charge in [0, 0.05) is 11.6 Å². The van der Waals surface area contributed by atoms with Crippen molar-refractivity contribution in [3.8, 4) is 6.07 Å². The zero-order valence-corrected chi connectivity index (χ0v) is 9.89. The molecule has 0 radical (unpaired) electrons. The third-order valence-electron chi connectivity index (χ3n) is 1.72. The van der Waals surface area contributed by atoms with Gasteiger partial charge in [-0.25, -0.2) is 8.42 Å². The molecule has 1 aromatic carbocycles. The highest BCUT2D eigenvalue weighted by Gasteiger charge is 2.12. The highest BCUT2D eigenvalue weighted by Crippen LogP contribution is 2.18. The molecule has 74 valence electrons. The second-order valence-corrected chi connectivity index (χ2v) is 5.39. The average molecular weight is 274 g/mol. The lowest BCUT2D eigenvalue weighted by molar-refractivity contribution is 0.601. The highest BCUT2D eigenvalue weighted by molar-refractivity contribution is 9.08. The Kier molecular flexibility index (Phi) is 3.29. The number of sulfone groups is 1. The van der Waals surface area contributed by atoms with Gasteiger partial charge < -0.3 is 0 Å². The first kappa shape index (κ1) is 11.2. The molecule has 3 nitrogen and oxygen atoms in total. The molecule has 0 spiro atoms. The van der Waals surface area contributed by atoms with E-state index >= 15 is 0 Å². The first-order valence-electron chi connectivity index (χ1n) is 3.78. The maximum atomic E-state index is 11.2. The third kappa shape index (κ3) is 2.34. The number of hydrogen-bond acceptors (Lipinski definition) is 3. The van der Waals surface area contributed by atoms with E-state index in [1.807, 2.05) is 6.07 Å². The number of alkyl halides is 1. The van der Waals surface area contributed by atoms with Crippen molar-refractivity contribution in [1.82, 2.24) is 0 Å². The molecule has 0 amide bonds. The lowest BCUT2D eigenvalue weighted by atomic mass is 10.1. The van der Waals surface area contributed by atoms with Gasteiger partial charge >= 0.3 is 0 Å². The molecule has 0 saturated carbocycles. The molecule has 0 unspecified atom stereocenters. The molecule has 0 fully saturated rings. The fourth-order valence-electron chi connectivity index (χ4n) is 1.07. The summed E-state index contributed by atoms with van der Waals surface area (Å²) in [6.07, 6.45) is 1.09. The standard InChI is InChI=1S/C9H8BrNO2S/c1-14(12,13)9-3-2-7(5-10)4-8(9)6-11/h2-4H,5H2,1H3. The van der Waals surface area contributed by atoms with Gasteiger partial charge in [-0.1, -0.05) is 22.0 Å². The van der Waals surface area contributed by atoms with Crippen molar-refractivity contribution in [2.24, 2.45) is 0 Å². The van der Waals surface area contributed by atoms with E-state index < -0.39 is 9.84 Å². The SMILES string of the molecule is CS(=O)(=O)c1ccc(CBr)cc1C#N. The normalized spacial score (nSPS) is 10.9. The Hall–Kier alpha value is -0.860. The molecule has 0 heterocycles. The predicted molar refractivity (Wildman–Crippen MR) is 56.9 cm³/mol. The molecule has 0 N–H and O–H groups in total. The van der Waals surface area contributed by atoms with Crippen molar-refractivity contribution >= 4 is 25.8 Å². The molecular weight excluding hydrogens is 266 g/mol. The second-order valence-electron chi connectivity index (χ2n) is 2.85. The number of benzene rings is 1. The Bertz CT molecular complexity index is 488. The van der Waals surface area contributed by atoms with Gasteiger partial charge in [-0.2, -0.15) is 5.26 Å². The Balaban J connectivity index is 3.43. The zero-order chi connectivity index (χ0) is 10.8. The number of halogens is 1. The molecule has 5 heteroatoms. The first-order chi connectivity index (χ1) is 6.49. The minimum Gasteiger partial charge on any atom is -0.224 e. The Morgan fingerprint density at radius 2 is 2.14 bits per heavy atom. The van der Waals surface area contributed by atoms with Crippen LogP contribution in [0.5, 0.6) is 0 Å². The second kappa shape index (κ2) is 4.11. The number of hydrogen-bond donors (Lipinski definition) is 0. The van der Waals surface area contributed by atoms with Crippen molar-refractivity contribution < 1.29 is 8.42 Å². The van der Waals surface area contributed by atoms with Crippen LogP contribution in [0, 0.1) is 11.3 Å². The number of nitrogens with zero attached hydrogens (tertiary/aromatic N) is 1. The van der Waals surface area contributed by atoms with Gasteiger partial charge in [0.05, 0.1) is 10.5 Å². The summed E-state index contributed by atoms with van der Waals surface area (Å²) in [4.78, 5) is 0.0877. The predicted octanol–water partition coefficient (Wildman–Crippen LogP) is 1.86. The van der Waals surface area contributed by atoms with E-state index in [4.69, 9.17) is 5.26 Å². The molecule has 0 aliphatic heterocycles. The number of rotatable bonds is 2. The molecule has 1 rings (SSSR count). The quantitative estimate of drug-likeness (QED) is 0.773. The summed E-state index contributed by atoms with van der Waals surface area (Å²) in [5.41, 5.74) is 1.08. The monoisotopic (exact) mass is 273 g/mol. The lowest BCUT2D eigenvalue weighted by Gasteiger charge is -2.02. The Labute approximate surface area is 91.4 Å². The van der Waals surface area contributed by atoms with E-state index in [1.165, 1.54) is 6.07 Å². The van der Waals surface area contributed by atoms with Crippen molar-refractivity contribution in [3.63, 3.8) is 0 Å². The lowest BCUT2D eigenvalue weighted by Crippen LogP contribution is -2.00. The summed E-state index contributed by atoms with van der Waals surface area (Å²) < 4.78 is 22.5. The van der Waals surface area contributed by atoms with Crippen LogP contribution in [0.2, 0.25) is 0 Å². The van der Waals surface area contributed by atoms with Crippen LogP contribution in [0.3, 0.4) is 0 Å². The molecule has 0 aliphatic carbocycles. The largest absolute Gasteiger partial charge is 0.224 e. The third-order valence-corrected chi connectivity index (χ3v) is 3.52. The van der Waals surface area contributed by atoms with Crippen LogP contribution in [-0.2, 0) is 15.2 Å². The smallest absolute Gasteiger partial charge is 0.176 e. The minimum absolute atomic E-state index is 0.0877. The molecule has 0 bridgehead atoms. The van der Waals surface area contributed by atoms with E-state index in [1.54, 1.807) is 12.1 Å². The minimum atomic E-state index is -3.31. The zero-order valence-electron chi connectivity index (χ0n) is 7.49. The molecule has 0 saturated heterocycles. The topological polar surface area (TPSA) is 57.9 Å². The molecule has 0 aromatic heterocycles. The van der Waals surface area contributed by atoms with Crippen molar-refractivity contribution in [1.29, 1.82) is 5.26 Å². The Morgan fingerprint density at radius 1 is 1.50 bits per heavy atom. The maximum Gasteiger partial charge on any atom is 0.176 e. The summed E-state index contributed by atoms with van der Waals surface area (Å²) in [5.74, 6) is 0. The maximum absolute atomic E-state index is 11.2. The fraction of sp³-hybridized carbons (Fsp3) is 0.222. The molecule has 0 aliphatic rings. The van der Waals surface area contributed by atoms with Gasteiger partial charge in [0.15, 0.2) is 9.84 Å². The van der Waals surface area contributed by atoms with Crippen LogP contribution >= 0.6 is 15.9 Å². The summed E-state index contributed by atoms with van der Waals surface area (Å²) in [7, 11) is -3.31. The fourth-order valence-corrected chi connectivity index (χ4v) is 2.24. The molecular formula is C9H8BrNO2S. The number of nitriles is 1. The van der Waals surface area contributed by atoms with Gasteiger partial charge in [0.1, 0.15) is 6.07 Å². The van der Waals surface area contributed by atoms with Gasteiger partial charge in [-0.15, -0.1) is 0 Å². The van der Waals surface area contributed by atoms with Crippen molar-refractivity contribution in [3.05, 3.63) is 29.3 Å². The van der Waals surface area contributed by atoms with Gasteiger partial charge in [0.2, 0.25) is 0 Å². The summed E-state index contributed by atoms with van der Waals surface area (Å²) >= 11 is 3.24. The van der Waals surface area contributed by atoms with E-state index in [-0.39, 0.29) is 10.5 Å². The van der Waals surface area contributed by atoms with Crippen LogP contribution in [-0.4, -0.2) is 14.7 Å². The summed E-state index contributed by atoms with van der Waals surface area (Å²) in [5, 5.41) is 9.37. The average Bonchev–Trinajstić information content (AvgIpc) is 2.15. The van der Waals surface area contributed by atoms with Crippen molar-refractivity contribution in [2.45, 2.75) is 10.2 Å². The van der Waals surface area contributed by atoms with Crippen LogP contribution < -0.4 is 0 Å². The summed E-state index contributed by atoms with van der Waals surface area (Å²) in [6.45, 7) is 0. The molecule has 0 atom stereocenters. The van der Waals surface area contributed by atoms with Gasteiger partial charge in [0.25, 0.3) is 0 Å². The van der Waals surface area contributed by atoms with Crippen LogP contribution in [0.25, 0.3) is 0 Å². The van der Waals surface area contributed by atoms with Gasteiger partial charge in [-0.3, -0.25) is 0 Å². The van der Waals surface area contributed by atoms with E-state index in [9.17, 15) is 8.42 Å². The van der Waals surface area contributed by atoms with Crippen molar-refractivity contribution in [2.75, 3.05) is 6.26 Å². The first-order valence-corrected chi connectivity index (χ1v) is 6.79. The Morgan fingerprint density at radius 3 is 2.57 bits per heavy atom. The van der Waals surface area contributed by atoms with Crippen LogP contribution in [0.1, 0.15) is 11.1 Å². The molecule has 1 aromatic rings. The van der Waals surface area contributed by atoms with Gasteiger partial charge in [-0.05, 0) is 17.7 Å². The summed E-state index contributed by atoms with van der Waals surface area (Å²) in [6, 6.07) is 6.60. The molecule has 14 heavy (non-hydrogen) atoms. The van der Waals surface area contributed by atoms with E-state index in [0.29, 0.717) is 5.33 Å². The van der Waals surface area contributed by atoms with E-state index in [2.05, 4.69) is 15.9 Å². The highest BCUT2D eigenvalue weighted by atomic mass is 79.9.